The first-order valence-electron chi connectivity index (χ1n) is 5.13. The molecule has 0 aliphatic heterocycles. The molecule has 0 spiro atoms. The predicted molar refractivity (Wildman–Crippen MR) is 64.7 cm³/mol. The van der Waals surface area contributed by atoms with E-state index in [4.69, 9.17) is 21.6 Å². The molecule has 0 aliphatic carbocycles. The van der Waals surface area contributed by atoms with Gasteiger partial charge in [-0.05, 0) is 18.2 Å². The highest BCUT2D eigenvalue weighted by atomic mass is 35.5. The van der Waals surface area contributed by atoms with E-state index in [2.05, 4.69) is 4.98 Å². The van der Waals surface area contributed by atoms with E-state index < -0.39 is 5.82 Å². The van der Waals surface area contributed by atoms with Crippen LogP contribution in [0, 0.1) is 17.1 Å². The molecule has 90 valence electrons. The number of benzene rings is 1. The summed E-state index contributed by atoms with van der Waals surface area (Å²) >= 11 is 5.63. The molecule has 1 aromatic heterocycles. The second-order valence-corrected chi connectivity index (χ2v) is 3.87. The number of nitriles is 1. The normalized spacial score (nSPS) is 9.83. The Morgan fingerprint density at radius 2 is 2.17 bits per heavy atom. The maximum atomic E-state index is 13.5. The van der Waals surface area contributed by atoms with Crippen molar-refractivity contribution in [3.8, 4) is 11.8 Å². The molecule has 1 heterocycles. The van der Waals surface area contributed by atoms with Crippen LogP contribution in [-0.4, -0.2) is 4.98 Å². The lowest BCUT2D eigenvalue weighted by Crippen LogP contribution is -2.01. The number of pyridine rings is 1. The van der Waals surface area contributed by atoms with Crippen molar-refractivity contribution in [2.45, 2.75) is 6.61 Å². The van der Waals surface area contributed by atoms with Gasteiger partial charge in [0.05, 0.1) is 5.02 Å². The summed E-state index contributed by atoms with van der Waals surface area (Å²) in [5.41, 5.74) is 0.860. The Bertz CT molecular complexity index is 610. The maximum Gasteiger partial charge on any atom is 0.183 e. The van der Waals surface area contributed by atoms with Crippen LogP contribution in [0.1, 0.15) is 11.3 Å². The molecule has 0 atom stereocenters. The molecule has 1 aromatic carbocycles. The van der Waals surface area contributed by atoms with Crippen molar-refractivity contribution in [3.63, 3.8) is 0 Å². The number of aromatic nitrogens is 1. The zero-order valence-corrected chi connectivity index (χ0v) is 9.99. The van der Waals surface area contributed by atoms with Gasteiger partial charge in [-0.3, -0.25) is 0 Å². The first kappa shape index (κ1) is 12.3. The van der Waals surface area contributed by atoms with E-state index in [9.17, 15) is 4.39 Å². The molecule has 2 aromatic rings. The summed E-state index contributed by atoms with van der Waals surface area (Å²) in [6, 6.07) is 9.84. The van der Waals surface area contributed by atoms with Crippen molar-refractivity contribution in [3.05, 3.63) is 58.6 Å². The van der Waals surface area contributed by atoms with Crippen molar-refractivity contribution >= 4 is 11.6 Å². The zero-order valence-electron chi connectivity index (χ0n) is 9.23. The van der Waals surface area contributed by atoms with Gasteiger partial charge in [-0.1, -0.05) is 23.7 Å². The van der Waals surface area contributed by atoms with Crippen molar-refractivity contribution in [2.75, 3.05) is 0 Å². The highest BCUT2D eigenvalue weighted by Crippen LogP contribution is 2.24. The van der Waals surface area contributed by atoms with Gasteiger partial charge in [-0.15, -0.1) is 0 Å². The summed E-state index contributed by atoms with van der Waals surface area (Å²) in [4.78, 5) is 3.89. The van der Waals surface area contributed by atoms with Crippen LogP contribution < -0.4 is 4.74 Å². The van der Waals surface area contributed by atoms with Crippen LogP contribution in [0.4, 0.5) is 4.39 Å². The smallest absolute Gasteiger partial charge is 0.183 e. The van der Waals surface area contributed by atoms with E-state index >= 15 is 0 Å². The summed E-state index contributed by atoms with van der Waals surface area (Å²) in [7, 11) is 0. The second-order valence-electron chi connectivity index (χ2n) is 3.46. The van der Waals surface area contributed by atoms with Crippen LogP contribution in [0.5, 0.6) is 5.75 Å². The first-order chi connectivity index (χ1) is 8.72. The van der Waals surface area contributed by atoms with Crippen LogP contribution in [0.2, 0.25) is 5.02 Å². The van der Waals surface area contributed by atoms with Crippen molar-refractivity contribution < 1.29 is 9.13 Å². The third kappa shape index (κ3) is 2.58. The van der Waals surface area contributed by atoms with E-state index in [1.165, 1.54) is 18.3 Å². The highest BCUT2D eigenvalue weighted by Gasteiger charge is 2.09. The number of nitrogens with zero attached hydrogens (tertiary/aromatic N) is 2. The third-order valence-corrected chi connectivity index (χ3v) is 2.59. The molecule has 0 saturated carbocycles. The van der Waals surface area contributed by atoms with Gasteiger partial charge in [0.2, 0.25) is 0 Å². The molecule has 0 bridgehead atoms. The summed E-state index contributed by atoms with van der Waals surface area (Å²) in [6.07, 6.45) is 1.52. The largest absolute Gasteiger partial charge is 0.486 e. The van der Waals surface area contributed by atoms with Crippen LogP contribution >= 0.6 is 11.6 Å². The minimum absolute atomic E-state index is 0.000747. The van der Waals surface area contributed by atoms with Gasteiger partial charge in [0.25, 0.3) is 0 Å². The number of halogens is 2. The summed E-state index contributed by atoms with van der Waals surface area (Å²) in [5.74, 6) is -0.559. The fourth-order valence-electron chi connectivity index (χ4n) is 1.41. The molecule has 0 N–H and O–H groups in total. The predicted octanol–water partition coefficient (Wildman–Crippen LogP) is 3.32. The van der Waals surface area contributed by atoms with Crippen LogP contribution in [0.25, 0.3) is 0 Å². The average Bonchev–Trinajstić information content (AvgIpc) is 2.41. The Kier molecular flexibility index (Phi) is 3.75. The molecule has 18 heavy (non-hydrogen) atoms. The Hall–Kier alpha value is -2.12. The Morgan fingerprint density at radius 3 is 2.94 bits per heavy atom. The van der Waals surface area contributed by atoms with Gasteiger partial charge in [-0.25, -0.2) is 9.37 Å². The van der Waals surface area contributed by atoms with Gasteiger partial charge in [-0.2, -0.15) is 5.26 Å². The van der Waals surface area contributed by atoms with Crippen LogP contribution in [-0.2, 0) is 6.61 Å². The molecule has 0 fully saturated rings. The lowest BCUT2D eigenvalue weighted by atomic mass is 10.2. The molecule has 3 nitrogen and oxygen atoms in total. The fraction of sp³-hybridized carbons (Fsp3) is 0.0769. The monoisotopic (exact) mass is 262 g/mol. The van der Waals surface area contributed by atoms with Gasteiger partial charge in [0.15, 0.2) is 11.6 Å². The Labute approximate surface area is 108 Å². The first-order valence-corrected chi connectivity index (χ1v) is 5.51. The SMILES string of the molecule is N#Cc1ncccc1COc1cccc(Cl)c1F. The quantitative estimate of drug-likeness (QED) is 0.852. The second kappa shape index (κ2) is 5.48. The molecule has 0 radical (unpaired) electrons. The number of ether oxygens (including phenoxy) is 1. The van der Waals surface area contributed by atoms with Gasteiger partial charge < -0.3 is 4.74 Å². The van der Waals surface area contributed by atoms with Crippen LogP contribution in [0.3, 0.4) is 0 Å². The molecule has 5 heteroatoms. The maximum absolute atomic E-state index is 13.5. The molecular formula is C13H8ClFN2O. The third-order valence-electron chi connectivity index (χ3n) is 2.30. The zero-order chi connectivity index (χ0) is 13.0. The number of rotatable bonds is 3. The van der Waals surface area contributed by atoms with Crippen molar-refractivity contribution in [2.24, 2.45) is 0 Å². The Morgan fingerprint density at radius 1 is 1.33 bits per heavy atom. The topological polar surface area (TPSA) is 45.9 Å². The van der Waals surface area contributed by atoms with E-state index in [-0.39, 0.29) is 23.1 Å². The molecule has 2 rings (SSSR count). The average molecular weight is 263 g/mol. The lowest BCUT2D eigenvalue weighted by molar-refractivity contribution is 0.289. The van der Waals surface area contributed by atoms with Crippen LogP contribution in [0.15, 0.2) is 36.5 Å². The van der Waals surface area contributed by atoms with Crippen molar-refractivity contribution in [1.29, 1.82) is 5.26 Å². The van der Waals surface area contributed by atoms with Gasteiger partial charge in [0.1, 0.15) is 18.4 Å². The van der Waals surface area contributed by atoms with Crippen molar-refractivity contribution in [1.82, 2.24) is 4.98 Å². The summed E-state index contributed by atoms with van der Waals surface area (Å²) < 4.78 is 18.8. The molecule has 0 saturated heterocycles. The van der Waals surface area contributed by atoms with E-state index in [1.807, 2.05) is 6.07 Å². The molecule has 0 aliphatic rings. The molecule has 0 amide bonds. The number of hydrogen-bond acceptors (Lipinski definition) is 3. The molecule has 0 unspecified atom stereocenters. The standard InChI is InChI=1S/C13H8ClFN2O/c14-10-4-1-5-12(13(10)15)18-8-9-3-2-6-17-11(9)7-16/h1-6H,8H2. The minimum atomic E-state index is -0.610. The van der Waals surface area contributed by atoms with E-state index in [0.717, 1.165) is 0 Å². The Balaban J connectivity index is 2.17. The fourth-order valence-corrected chi connectivity index (χ4v) is 1.57. The highest BCUT2D eigenvalue weighted by molar-refractivity contribution is 6.30. The van der Waals surface area contributed by atoms with E-state index in [0.29, 0.717) is 5.56 Å². The molecular weight excluding hydrogens is 255 g/mol. The minimum Gasteiger partial charge on any atom is -0.486 e. The summed E-state index contributed by atoms with van der Waals surface area (Å²) in [5, 5.41) is 8.85. The summed E-state index contributed by atoms with van der Waals surface area (Å²) in [6.45, 7) is 0.0635. The lowest BCUT2D eigenvalue weighted by Gasteiger charge is -2.08. The van der Waals surface area contributed by atoms with Gasteiger partial charge >= 0.3 is 0 Å². The van der Waals surface area contributed by atoms with Gasteiger partial charge in [0, 0.05) is 11.8 Å². The van der Waals surface area contributed by atoms with E-state index in [1.54, 1.807) is 18.2 Å². The number of hydrogen-bond donors (Lipinski definition) is 0.